The molecule has 18 heteroatoms. The molecule has 0 unspecified atom stereocenters. The van der Waals surface area contributed by atoms with Gasteiger partial charge in [-0.15, -0.1) is 0 Å². The second kappa shape index (κ2) is 9.63. The third-order valence-corrected chi connectivity index (χ3v) is 5.99. The molecule has 0 radical (unpaired) electrons. The molecule has 2 rings (SSSR count). The largest absolute Gasteiger partial charge is 0.458 e. The number of alkyl halides is 12. The Kier molecular flexibility index (Phi) is 7.98. The molecule has 0 atom stereocenters. The number of Topliss-reactive ketones (excluding diaryl/α,β-unsaturated/α-hetero) is 1. The van der Waals surface area contributed by atoms with Gasteiger partial charge in [-0.05, 0) is 23.8 Å². The van der Waals surface area contributed by atoms with Crippen molar-refractivity contribution in [2.75, 3.05) is 0 Å². The van der Waals surface area contributed by atoms with Gasteiger partial charge in [-0.1, -0.05) is 33.6 Å². The number of halogens is 14. The van der Waals surface area contributed by atoms with E-state index in [2.05, 4.69) is 15.9 Å². The van der Waals surface area contributed by atoms with Gasteiger partial charge in [0.15, 0.2) is 5.78 Å². The summed E-state index contributed by atoms with van der Waals surface area (Å²) < 4.78 is 160. The van der Waals surface area contributed by atoms with Gasteiger partial charge < -0.3 is 0 Å². The van der Waals surface area contributed by atoms with Crippen molar-refractivity contribution in [1.82, 2.24) is 0 Å². The number of nitro benzene ring substituents is 1. The molecule has 204 valence electrons. The molecule has 2 aromatic carbocycles. The van der Waals surface area contributed by atoms with Crippen LogP contribution >= 0.6 is 27.5 Å². The van der Waals surface area contributed by atoms with Crippen molar-refractivity contribution in [2.45, 2.75) is 36.5 Å². The normalized spacial score (nSPS) is 13.6. The second-order valence-corrected chi connectivity index (χ2v) is 8.44. The van der Waals surface area contributed by atoms with E-state index in [0.717, 1.165) is 18.2 Å². The minimum atomic E-state index is -6.86. The minimum absolute atomic E-state index is 0.353. The number of carbonyl (C=O) groups excluding carboxylic acids is 1. The molecule has 0 aliphatic heterocycles. The zero-order valence-corrected chi connectivity index (χ0v) is 19.4. The monoisotopic (exact) mass is 639 g/mol. The molecule has 0 saturated carbocycles. The van der Waals surface area contributed by atoms with Crippen LogP contribution in [0, 0.1) is 10.1 Å². The van der Waals surface area contributed by atoms with Crippen LogP contribution in [-0.4, -0.2) is 29.2 Å². The summed E-state index contributed by atoms with van der Waals surface area (Å²) in [4.78, 5) is 22.5. The summed E-state index contributed by atoms with van der Waals surface area (Å²) in [7, 11) is 0. The first-order valence-electron chi connectivity index (χ1n) is 9.04. The SMILES string of the molecule is O=C(Cc1c(Br)cc(C(F)(C(F)(F)F)C(F)(F)F)cc1C(F)(F)C(F)(F)F)c1cccc([N+](=O)[O-])c1Cl. The highest BCUT2D eigenvalue weighted by Crippen LogP contribution is 2.55. The first-order valence-corrected chi connectivity index (χ1v) is 10.2. The van der Waals surface area contributed by atoms with Gasteiger partial charge in [0.05, 0.1) is 4.92 Å². The van der Waals surface area contributed by atoms with Crippen LogP contribution in [0.2, 0.25) is 5.02 Å². The third-order valence-electron chi connectivity index (χ3n) is 4.88. The van der Waals surface area contributed by atoms with E-state index in [0.29, 0.717) is 0 Å². The van der Waals surface area contributed by atoms with Gasteiger partial charge in [0.1, 0.15) is 5.02 Å². The van der Waals surface area contributed by atoms with Crippen LogP contribution in [0.4, 0.5) is 58.4 Å². The number of benzene rings is 2. The summed E-state index contributed by atoms with van der Waals surface area (Å²) in [5, 5.41) is 10.1. The second-order valence-electron chi connectivity index (χ2n) is 7.21. The Morgan fingerprint density at radius 1 is 0.892 bits per heavy atom. The standard InChI is InChI=1S/C19H7BrClF12NO3/c20-11-5-7(15(22,17(25,26)27)18(28,29)30)4-10(16(23,24)19(31,32)33)9(11)6-13(35)8-2-1-3-12(14(8)21)34(36)37/h1-5H,6H2. The molecule has 4 nitrogen and oxygen atoms in total. The van der Waals surface area contributed by atoms with Gasteiger partial charge >= 0.3 is 30.1 Å². The van der Waals surface area contributed by atoms with E-state index in [1.54, 1.807) is 0 Å². The van der Waals surface area contributed by atoms with Crippen LogP contribution in [0.15, 0.2) is 34.8 Å². The third kappa shape index (κ3) is 5.37. The fourth-order valence-corrected chi connectivity index (χ4v) is 3.97. The van der Waals surface area contributed by atoms with Crippen LogP contribution in [0.5, 0.6) is 0 Å². The quantitative estimate of drug-likeness (QED) is 0.138. The lowest BCUT2D eigenvalue weighted by molar-refractivity contribution is -0.384. The first-order chi connectivity index (χ1) is 16.5. The van der Waals surface area contributed by atoms with Crippen LogP contribution in [-0.2, 0) is 18.0 Å². The fourth-order valence-electron chi connectivity index (χ4n) is 3.07. The molecule has 0 spiro atoms. The van der Waals surface area contributed by atoms with E-state index in [-0.39, 0.29) is 6.07 Å². The average Bonchev–Trinajstić information content (AvgIpc) is 2.71. The summed E-state index contributed by atoms with van der Waals surface area (Å²) in [5.41, 5.74) is -14.8. The van der Waals surface area contributed by atoms with Crippen molar-refractivity contribution in [1.29, 1.82) is 0 Å². The van der Waals surface area contributed by atoms with E-state index in [9.17, 15) is 67.6 Å². The highest BCUT2D eigenvalue weighted by molar-refractivity contribution is 9.10. The highest BCUT2D eigenvalue weighted by Gasteiger charge is 2.74. The molecule has 0 aliphatic carbocycles. The van der Waals surface area contributed by atoms with E-state index in [1.807, 2.05) is 0 Å². The van der Waals surface area contributed by atoms with Crippen LogP contribution in [0.3, 0.4) is 0 Å². The zero-order chi connectivity index (χ0) is 28.9. The van der Waals surface area contributed by atoms with Crippen molar-refractivity contribution < 1.29 is 62.4 Å². The van der Waals surface area contributed by atoms with Gasteiger partial charge in [-0.3, -0.25) is 14.9 Å². The molecule has 0 heterocycles. The fraction of sp³-hybridized carbons (Fsp3) is 0.316. The molecule has 0 aromatic heterocycles. The highest BCUT2D eigenvalue weighted by atomic mass is 79.9. The molecule has 2 aromatic rings. The molecule has 0 N–H and O–H groups in total. The molecule has 37 heavy (non-hydrogen) atoms. The maximum absolute atomic E-state index is 14.5. The zero-order valence-electron chi connectivity index (χ0n) is 17.1. The molecule has 0 aliphatic rings. The van der Waals surface area contributed by atoms with Gasteiger partial charge in [-0.25, -0.2) is 4.39 Å². The van der Waals surface area contributed by atoms with Crippen molar-refractivity contribution in [3.8, 4) is 0 Å². The summed E-state index contributed by atoms with van der Waals surface area (Å²) in [6.45, 7) is 0. The Balaban J connectivity index is 2.86. The maximum atomic E-state index is 14.5. The first kappa shape index (κ1) is 30.7. The lowest BCUT2D eigenvalue weighted by Gasteiger charge is -2.32. The predicted octanol–water partition coefficient (Wildman–Crippen LogP) is 8.38. The molecular formula is C19H7BrClF12NO3. The number of hydrogen-bond acceptors (Lipinski definition) is 3. The van der Waals surface area contributed by atoms with Crippen LogP contribution < -0.4 is 0 Å². The smallest absolute Gasteiger partial charge is 0.294 e. The molecule has 0 fully saturated rings. The number of hydrogen-bond donors (Lipinski definition) is 0. The molecular weight excluding hydrogens is 634 g/mol. The van der Waals surface area contributed by atoms with Gasteiger partial charge in [0.25, 0.3) is 5.69 Å². The Morgan fingerprint density at radius 2 is 1.41 bits per heavy atom. The summed E-state index contributed by atoms with van der Waals surface area (Å²) in [6, 6.07) is 1.12. The number of nitrogens with zero attached hydrogens (tertiary/aromatic N) is 1. The lowest BCUT2D eigenvalue weighted by atomic mass is 9.87. The predicted molar refractivity (Wildman–Crippen MR) is 105 cm³/mol. The van der Waals surface area contributed by atoms with Crippen LogP contribution in [0.25, 0.3) is 0 Å². The molecule has 0 bridgehead atoms. The summed E-state index contributed by atoms with van der Waals surface area (Å²) in [6.07, 6.45) is -21.9. The maximum Gasteiger partial charge on any atom is 0.458 e. The van der Waals surface area contributed by atoms with E-state index < -0.39 is 90.8 Å². The van der Waals surface area contributed by atoms with E-state index >= 15 is 0 Å². The summed E-state index contributed by atoms with van der Waals surface area (Å²) in [5.74, 6) is -7.68. The lowest BCUT2D eigenvalue weighted by Crippen LogP contribution is -2.50. The Bertz CT molecular complexity index is 1230. The Labute approximate surface area is 210 Å². The minimum Gasteiger partial charge on any atom is -0.294 e. The van der Waals surface area contributed by atoms with E-state index in [4.69, 9.17) is 11.6 Å². The van der Waals surface area contributed by atoms with Crippen molar-refractivity contribution in [2.24, 2.45) is 0 Å². The number of rotatable bonds is 6. The molecule has 0 saturated heterocycles. The molecule has 0 amide bonds. The number of nitro groups is 1. The Hall–Kier alpha value is -2.56. The van der Waals surface area contributed by atoms with Gasteiger partial charge in [-0.2, -0.15) is 48.3 Å². The van der Waals surface area contributed by atoms with Crippen LogP contribution in [0.1, 0.15) is 27.0 Å². The number of carbonyl (C=O) groups is 1. The Morgan fingerprint density at radius 3 is 1.84 bits per heavy atom. The summed E-state index contributed by atoms with van der Waals surface area (Å²) >= 11 is 7.94. The van der Waals surface area contributed by atoms with Gasteiger partial charge in [0.2, 0.25) is 0 Å². The topological polar surface area (TPSA) is 60.2 Å². The number of ketones is 1. The average molecular weight is 641 g/mol. The van der Waals surface area contributed by atoms with E-state index in [1.165, 1.54) is 0 Å². The van der Waals surface area contributed by atoms with Crippen molar-refractivity contribution in [3.05, 3.63) is 72.2 Å². The van der Waals surface area contributed by atoms with Crippen molar-refractivity contribution in [3.63, 3.8) is 0 Å². The van der Waals surface area contributed by atoms with Crippen molar-refractivity contribution >= 4 is 39.0 Å². The van der Waals surface area contributed by atoms with Gasteiger partial charge in [0, 0.05) is 33.7 Å².